The SMILES string of the molecule is CN(Cc1ccc(C(=O)O)cc1)C(=O)C1(O)CC1(C)C. The molecule has 1 saturated carbocycles. The van der Waals surface area contributed by atoms with E-state index in [9.17, 15) is 14.7 Å². The smallest absolute Gasteiger partial charge is 0.335 e. The van der Waals surface area contributed by atoms with E-state index < -0.39 is 11.6 Å². The summed E-state index contributed by atoms with van der Waals surface area (Å²) >= 11 is 0. The summed E-state index contributed by atoms with van der Waals surface area (Å²) in [7, 11) is 1.64. The molecule has 20 heavy (non-hydrogen) atoms. The third kappa shape index (κ3) is 2.41. The molecule has 1 aromatic rings. The van der Waals surface area contributed by atoms with Gasteiger partial charge in [-0.05, 0) is 24.1 Å². The maximum Gasteiger partial charge on any atom is 0.335 e. The highest BCUT2D eigenvalue weighted by Gasteiger charge is 2.66. The minimum absolute atomic E-state index is 0.213. The van der Waals surface area contributed by atoms with Crippen molar-refractivity contribution in [1.29, 1.82) is 0 Å². The molecule has 5 nitrogen and oxygen atoms in total. The summed E-state index contributed by atoms with van der Waals surface area (Å²) in [5, 5.41) is 19.0. The first kappa shape index (κ1) is 14.5. The predicted molar refractivity (Wildman–Crippen MR) is 73.2 cm³/mol. The standard InChI is InChI=1S/C15H19NO4/c1-14(2)9-15(14,20)13(19)16(3)8-10-4-6-11(7-5-10)12(17)18/h4-7,20H,8-9H2,1-3H3,(H,17,18). The van der Waals surface area contributed by atoms with Gasteiger partial charge in [0, 0.05) is 19.0 Å². The van der Waals surface area contributed by atoms with Crippen LogP contribution in [0, 0.1) is 5.41 Å². The van der Waals surface area contributed by atoms with Crippen LogP contribution in [0.25, 0.3) is 0 Å². The number of carbonyl (C=O) groups is 2. The lowest BCUT2D eigenvalue weighted by Crippen LogP contribution is -2.40. The summed E-state index contributed by atoms with van der Waals surface area (Å²) in [5.41, 5.74) is -0.591. The average molecular weight is 277 g/mol. The van der Waals surface area contributed by atoms with Crippen LogP contribution in [0.1, 0.15) is 36.2 Å². The average Bonchev–Trinajstić information content (AvgIpc) is 2.89. The van der Waals surface area contributed by atoms with Crippen molar-refractivity contribution in [2.75, 3.05) is 7.05 Å². The molecule has 108 valence electrons. The van der Waals surface area contributed by atoms with Crippen molar-refractivity contribution in [3.63, 3.8) is 0 Å². The van der Waals surface area contributed by atoms with E-state index in [0.717, 1.165) is 5.56 Å². The van der Waals surface area contributed by atoms with E-state index in [-0.39, 0.29) is 16.9 Å². The van der Waals surface area contributed by atoms with Gasteiger partial charge in [-0.15, -0.1) is 0 Å². The summed E-state index contributed by atoms with van der Waals surface area (Å²) in [6, 6.07) is 6.36. The number of aromatic carboxylic acids is 1. The van der Waals surface area contributed by atoms with Crippen molar-refractivity contribution < 1.29 is 19.8 Å². The highest BCUT2D eigenvalue weighted by atomic mass is 16.4. The molecule has 1 fully saturated rings. The normalized spacial score (nSPS) is 23.2. The minimum Gasteiger partial charge on any atom is -0.478 e. The monoisotopic (exact) mass is 277 g/mol. The van der Waals surface area contributed by atoms with Crippen LogP contribution in [0.4, 0.5) is 0 Å². The van der Waals surface area contributed by atoms with Gasteiger partial charge in [0.25, 0.3) is 5.91 Å². The lowest BCUT2D eigenvalue weighted by atomic mass is 10.1. The summed E-state index contributed by atoms with van der Waals surface area (Å²) in [6.07, 6.45) is 0.473. The fourth-order valence-electron chi connectivity index (χ4n) is 2.37. The first-order valence-corrected chi connectivity index (χ1v) is 6.47. The number of aliphatic hydroxyl groups is 1. The van der Waals surface area contributed by atoms with Gasteiger partial charge in [0.2, 0.25) is 0 Å². The second-order valence-electron chi connectivity index (χ2n) is 6.08. The Balaban J connectivity index is 2.03. The highest BCUT2D eigenvalue weighted by Crippen LogP contribution is 2.56. The second kappa shape index (κ2) is 4.59. The van der Waals surface area contributed by atoms with E-state index in [2.05, 4.69) is 0 Å². The molecule has 1 amide bonds. The Bertz CT molecular complexity index is 549. The number of carboxylic acids is 1. The fraction of sp³-hybridized carbons (Fsp3) is 0.467. The number of rotatable bonds is 4. The zero-order valence-corrected chi connectivity index (χ0v) is 11.9. The molecule has 5 heteroatoms. The number of hydrogen-bond acceptors (Lipinski definition) is 3. The minimum atomic E-state index is -1.26. The molecule has 0 spiro atoms. The van der Waals surface area contributed by atoms with Gasteiger partial charge in [-0.25, -0.2) is 4.79 Å². The molecular weight excluding hydrogens is 258 g/mol. The number of benzene rings is 1. The third-order valence-electron chi connectivity index (χ3n) is 4.01. The van der Waals surface area contributed by atoms with Crippen LogP contribution >= 0.6 is 0 Å². The van der Waals surface area contributed by atoms with Gasteiger partial charge in [-0.1, -0.05) is 26.0 Å². The van der Waals surface area contributed by atoms with E-state index in [1.807, 2.05) is 13.8 Å². The van der Waals surface area contributed by atoms with Crippen LogP contribution in [-0.4, -0.2) is 39.6 Å². The van der Waals surface area contributed by atoms with Gasteiger partial charge < -0.3 is 15.1 Å². The maximum atomic E-state index is 12.2. The van der Waals surface area contributed by atoms with Crippen molar-refractivity contribution in [3.05, 3.63) is 35.4 Å². The Morgan fingerprint density at radius 1 is 1.25 bits per heavy atom. The summed E-state index contributed by atoms with van der Waals surface area (Å²) in [5.74, 6) is -1.26. The number of amides is 1. The second-order valence-corrected chi connectivity index (χ2v) is 6.08. The van der Waals surface area contributed by atoms with Crippen LogP contribution < -0.4 is 0 Å². The van der Waals surface area contributed by atoms with Crippen molar-refractivity contribution in [3.8, 4) is 0 Å². The number of hydrogen-bond donors (Lipinski definition) is 2. The van der Waals surface area contributed by atoms with E-state index in [1.54, 1.807) is 19.2 Å². The molecule has 2 rings (SSSR count). The molecule has 1 unspecified atom stereocenters. The molecule has 0 bridgehead atoms. The Labute approximate surface area is 117 Å². The first-order valence-electron chi connectivity index (χ1n) is 6.47. The molecule has 1 aromatic carbocycles. The third-order valence-corrected chi connectivity index (χ3v) is 4.01. The zero-order chi connectivity index (χ0) is 15.1. The van der Waals surface area contributed by atoms with E-state index in [0.29, 0.717) is 13.0 Å². The predicted octanol–water partition coefficient (Wildman–Crippen LogP) is 1.50. The topological polar surface area (TPSA) is 77.8 Å². The Kier molecular flexibility index (Phi) is 3.34. The highest BCUT2D eigenvalue weighted by molar-refractivity contribution is 5.89. The van der Waals surface area contributed by atoms with Gasteiger partial charge in [0.15, 0.2) is 0 Å². The van der Waals surface area contributed by atoms with Gasteiger partial charge in [0.05, 0.1) is 5.56 Å². The Morgan fingerprint density at radius 2 is 1.75 bits per heavy atom. The summed E-state index contributed by atoms with van der Waals surface area (Å²) < 4.78 is 0. The molecule has 1 atom stereocenters. The van der Waals surface area contributed by atoms with Crippen molar-refractivity contribution >= 4 is 11.9 Å². The molecular formula is C15H19NO4. The van der Waals surface area contributed by atoms with E-state index >= 15 is 0 Å². The molecule has 0 saturated heterocycles. The van der Waals surface area contributed by atoms with Crippen LogP contribution in [-0.2, 0) is 11.3 Å². The van der Waals surface area contributed by atoms with Crippen molar-refractivity contribution in [2.45, 2.75) is 32.4 Å². The van der Waals surface area contributed by atoms with Crippen LogP contribution in [0.2, 0.25) is 0 Å². The van der Waals surface area contributed by atoms with Crippen molar-refractivity contribution in [2.24, 2.45) is 5.41 Å². The van der Waals surface area contributed by atoms with Gasteiger partial charge in [0.1, 0.15) is 5.60 Å². The lowest BCUT2D eigenvalue weighted by Gasteiger charge is -2.22. The first-order chi connectivity index (χ1) is 9.17. The fourth-order valence-corrected chi connectivity index (χ4v) is 2.37. The van der Waals surface area contributed by atoms with Gasteiger partial charge in [-0.3, -0.25) is 4.79 Å². The maximum absolute atomic E-state index is 12.2. The Morgan fingerprint density at radius 3 is 2.15 bits per heavy atom. The largest absolute Gasteiger partial charge is 0.478 e. The molecule has 2 N–H and O–H groups in total. The number of carbonyl (C=O) groups excluding carboxylic acids is 1. The molecule has 0 radical (unpaired) electrons. The van der Waals surface area contributed by atoms with Crippen LogP contribution in [0.5, 0.6) is 0 Å². The molecule has 1 aliphatic carbocycles. The number of carboxylic acid groups (broad SMARTS) is 1. The van der Waals surface area contributed by atoms with Gasteiger partial charge in [-0.2, -0.15) is 0 Å². The number of nitrogens with zero attached hydrogens (tertiary/aromatic N) is 1. The molecule has 0 heterocycles. The molecule has 0 aromatic heterocycles. The summed E-state index contributed by atoms with van der Waals surface area (Å²) in [4.78, 5) is 24.4. The van der Waals surface area contributed by atoms with Gasteiger partial charge >= 0.3 is 5.97 Å². The summed E-state index contributed by atoms with van der Waals surface area (Å²) in [6.45, 7) is 4.07. The van der Waals surface area contributed by atoms with Crippen LogP contribution in [0.15, 0.2) is 24.3 Å². The van der Waals surface area contributed by atoms with E-state index in [4.69, 9.17) is 5.11 Å². The Hall–Kier alpha value is -1.88. The van der Waals surface area contributed by atoms with E-state index in [1.165, 1.54) is 17.0 Å². The van der Waals surface area contributed by atoms with Crippen LogP contribution in [0.3, 0.4) is 0 Å². The quantitative estimate of drug-likeness (QED) is 0.874. The van der Waals surface area contributed by atoms with Crippen molar-refractivity contribution in [1.82, 2.24) is 4.90 Å². The number of likely N-dealkylation sites (N-methyl/N-ethyl adjacent to an activating group) is 1. The zero-order valence-electron chi connectivity index (χ0n) is 11.9. The molecule has 1 aliphatic rings. The lowest BCUT2D eigenvalue weighted by molar-refractivity contribution is -0.143. The molecule has 0 aliphatic heterocycles.